The maximum absolute atomic E-state index is 13.5. The molecule has 1 spiro atoms. The highest BCUT2D eigenvalue weighted by Gasteiger charge is 2.58. The van der Waals surface area contributed by atoms with Crippen molar-refractivity contribution >= 4 is 17.1 Å². The maximum atomic E-state index is 13.5. The van der Waals surface area contributed by atoms with E-state index in [0.717, 1.165) is 43.5 Å². The first-order valence-corrected chi connectivity index (χ1v) is 9.90. The van der Waals surface area contributed by atoms with Gasteiger partial charge in [0.05, 0.1) is 0 Å². The van der Waals surface area contributed by atoms with Crippen LogP contribution in [0.15, 0.2) is 57.4 Å². The summed E-state index contributed by atoms with van der Waals surface area (Å²) in [6, 6.07) is 14.8. The van der Waals surface area contributed by atoms with E-state index in [1.807, 2.05) is 24.3 Å². The van der Waals surface area contributed by atoms with Crippen LogP contribution in [0.5, 0.6) is 0 Å². The van der Waals surface area contributed by atoms with Crippen LogP contribution in [0.1, 0.15) is 31.1 Å². The van der Waals surface area contributed by atoms with E-state index in [0.29, 0.717) is 23.4 Å². The first kappa shape index (κ1) is 16.7. The molecular weight excluding hydrogens is 371 g/mol. The Bertz CT molecular complexity index is 1160. The third-order valence-corrected chi connectivity index (χ3v) is 6.31. The quantitative estimate of drug-likeness (QED) is 0.501. The molecule has 1 saturated heterocycles. The molecule has 0 radical (unpaired) electrons. The zero-order chi connectivity index (χ0) is 19.4. The highest BCUT2D eigenvalue weighted by molar-refractivity contribution is 5.74. The number of rotatable bonds is 3. The number of hydrogen-bond acceptors (Lipinski definition) is 6. The van der Waals surface area contributed by atoms with Gasteiger partial charge in [0.15, 0.2) is 5.58 Å². The van der Waals surface area contributed by atoms with Crippen molar-refractivity contribution in [2.24, 2.45) is 5.41 Å². The molecule has 7 heteroatoms. The Hall–Kier alpha value is -3.22. The molecule has 0 N–H and O–H groups in total. The van der Waals surface area contributed by atoms with Crippen LogP contribution in [-0.4, -0.2) is 28.3 Å². The number of fused-ring (bicyclic) bond motifs is 1. The summed E-state index contributed by atoms with van der Waals surface area (Å²) in [7, 11) is 0. The van der Waals surface area contributed by atoms with Crippen molar-refractivity contribution in [3.8, 4) is 11.5 Å². The van der Waals surface area contributed by atoms with Crippen molar-refractivity contribution in [1.82, 2.24) is 15.2 Å². The first-order valence-electron chi connectivity index (χ1n) is 9.90. The van der Waals surface area contributed by atoms with Crippen molar-refractivity contribution < 1.29 is 13.2 Å². The zero-order valence-corrected chi connectivity index (χ0v) is 15.7. The summed E-state index contributed by atoms with van der Waals surface area (Å²) in [6.45, 7) is 1.79. The second-order valence-electron chi connectivity index (χ2n) is 8.03. The number of piperidine rings is 1. The molecule has 29 heavy (non-hydrogen) atoms. The lowest BCUT2D eigenvalue weighted by Crippen LogP contribution is -2.35. The van der Waals surface area contributed by atoms with E-state index in [1.165, 1.54) is 12.1 Å². The SMILES string of the molecule is Fc1cccc(-c2nnc(C3CC34CCN(c3nc5ccccc5o3)CC4)o2)c1. The van der Waals surface area contributed by atoms with Gasteiger partial charge in [-0.15, -0.1) is 10.2 Å². The highest BCUT2D eigenvalue weighted by Crippen LogP contribution is 2.64. The molecule has 1 unspecified atom stereocenters. The molecule has 0 bridgehead atoms. The monoisotopic (exact) mass is 390 g/mol. The summed E-state index contributed by atoms with van der Waals surface area (Å²) in [6.07, 6.45) is 3.13. The molecule has 6 rings (SSSR count). The molecule has 2 aliphatic rings. The molecule has 2 fully saturated rings. The average Bonchev–Trinajstić information content (AvgIpc) is 3.12. The normalized spacial score (nSPS) is 20.4. The van der Waals surface area contributed by atoms with E-state index in [4.69, 9.17) is 8.83 Å². The van der Waals surface area contributed by atoms with Crippen LogP contribution in [-0.2, 0) is 0 Å². The van der Waals surface area contributed by atoms with Gasteiger partial charge in [0.25, 0.3) is 6.01 Å². The Morgan fingerprint density at radius 3 is 2.69 bits per heavy atom. The van der Waals surface area contributed by atoms with Gasteiger partial charge in [-0.1, -0.05) is 18.2 Å². The molecule has 146 valence electrons. The third-order valence-electron chi connectivity index (χ3n) is 6.31. The number of nitrogens with zero attached hydrogens (tertiary/aromatic N) is 4. The van der Waals surface area contributed by atoms with E-state index in [-0.39, 0.29) is 17.2 Å². The second-order valence-corrected chi connectivity index (χ2v) is 8.03. The van der Waals surface area contributed by atoms with Gasteiger partial charge in [-0.25, -0.2) is 4.39 Å². The van der Waals surface area contributed by atoms with E-state index < -0.39 is 0 Å². The number of para-hydroxylation sites is 2. The van der Waals surface area contributed by atoms with Crippen LogP contribution in [0, 0.1) is 11.2 Å². The smallest absolute Gasteiger partial charge is 0.298 e. The number of aromatic nitrogens is 3. The first-order chi connectivity index (χ1) is 14.2. The van der Waals surface area contributed by atoms with Gasteiger partial charge in [-0.3, -0.25) is 0 Å². The molecule has 1 aliphatic heterocycles. The van der Waals surface area contributed by atoms with E-state index in [2.05, 4.69) is 20.1 Å². The van der Waals surface area contributed by atoms with Gasteiger partial charge < -0.3 is 13.7 Å². The maximum Gasteiger partial charge on any atom is 0.298 e. The molecule has 4 aromatic rings. The minimum Gasteiger partial charge on any atom is -0.423 e. The third kappa shape index (κ3) is 2.80. The van der Waals surface area contributed by atoms with Crippen molar-refractivity contribution in [1.29, 1.82) is 0 Å². The van der Waals surface area contributed by atoms with Gasteiger partial charge in [0, 0.05) is 24.6 Å². The lowest BCUT2D eigenvalue weighted by Gasteiger charge is -2.31. The predicted octanol–water partition coefficient (Wildman–Crippen LogP) is 4.79. The van der Waals surface area contributed by atoms with E-state index in [1.54, 1.807) is 12.1 Å². The number of halogens is 1. The van der Waals surface area contributed by atoms with E-state index in [9.17, 15) is 4.39 Å². The van der Waals surface area contributed by atoms with Gasteiger partial charge in [-0.2, -0.15) is 4.98 Å². The van der Waals surface area contributed by atoms with Crippen LogP contribution in [0.4, 0.5) is 10.4 Å². The molecule has 0 amide bonds. The Balaban J connectivity index is 1.16. The number of anilines is 1. The summed E-state index contributed by atoms with van der Waals surface area (Å²) in [4.78, 5) is 6.83. The summed E-state index contributed by atoms with van der Waals surface area (Å²) in [5, 5.41) is 8.39. The van der Waals surface area contributed by atoms with Crippen molar-refractivity contribution in [2.75, 3.05) is 18.0 Å². The predicted molar refractivity (Wildman–Crippen MR) is 105 cm³/mol. The van der Waals surface area contributed by atoms with Crippen molar-refractivity contribution in [3.05, 3.63) is 60.2 Å². The largest absolute Gasteiger partial charge is 0.423 e. The molecule has 2 aromatic heterocycles. The number of benzene rings is 2. The second kappa shape index (κ2) is 6.14. The lowest BCUT2D eigenvalue weighted by atomic mass is 9.91. The van der Waals surface area contributed by atoms with Crippen LogP contribution in [0.25, 0.3) is 22.6 Å². The van der Waals surface area contributed by atoms with Crippen molar-refractivity contribution in [2.45, 2.75) is 25.2 Å². The molecule has 1 saturated carbocycles. The Labute approximate surface area is 166 Å². The summed E-state index contributed by atoms with van der Waals surface area (Å²) < 4.78 is 25.3. The number of hydrogen-bond donors (Lipinski definition) is 0. The Morgan fingerprint density at radius 1 is 1.00 bits per heavy atom. The molecule has 2 aromatic carbocycles. The Morgan fingerprint density at radius 2 is 1.86 bits per heavy atom. The zero-order valence-electron chi connectivity index (χ0n) is 15.7. The fraction of sp³-hybridized carbons (Fsp3) is 0.318. The minimum atomic E-state index is -0.309. The van der Waals surface area contributed by atoms with Crippen molar-refractivity contribution in [3.63, 3.8) is 0 Å². The van der Waals surface area contributed by atoms with Crippen LogP contribution < -0.4 is 4.90 Å². The topological polar surface area (TPSA) is 68.2 Å². The van der Waals surface area contributed by atoms with Crippen LogP contribution in [0.3, 0.4) is 0 Å². The highest BCUT2D eigenvalue weighted by atomic mass is 19.1. The minimum absolute atomic E-state index is 0.217. The Kier molecular flexibility index (Phi) is 3.54. The van der Waals surface area contributed by atoms with Crippen LogP contribution in [0.2, 0.25) is 0 Å². The summed E-state index contributed by atoms with van der Waals surface area (Å²) >= 11 is 0. The fourth-order valence-electron chi connectivity index (χ4n) is 4.50. The van der Waals surface area contributed by atoms with Gasteiger partial charge in [-0.05, 0) is 55.0 Å². The summed E-state index contributed by atoms with van der Waals surface area (Å²) in [5.74, 6) is 1.02. The van der Waals surface area contributed by atoms with Crippen LogP contribution >= 0.6 is 0 Å². The molecule has 1 atom stereocenters. The standard InChI is InChI=1S/C22H19FN4O2/c23-15-5-3-4-14(12-15)19-25-26-20(29-19)16-13-22(16)8-10-27(11-9-22)21-24-17-6-1-2-7-18(17)28-21/h1-7,12,16H,8-11,13H2. The van der Waals surface area contributed by atoms with E-state index >= 15 is 0 Å². The lowest BCUT2D eigenvalue weighted by molar-refractivity contribution is 0.344. The molecule has 1 aliphatic carbocycles. The van der Waals surface area contributed by atoms with Gasteiger partial charge >= 0.3 is 0 Å². The van der Waals surface area contributed by atoms with Gasteiger partial charge in [0.1, 0.15) is 11.3 Å². The number of oxazole rings is 1. The average molecular weight is 390 g/mol. The molecule has 6 nitrogen and oxygen atoms in total. The van der Waals surface area contributed by atoms with Gasteiger partial charge in [0.2, 0.25) is 11.8 Å². The summed E-state index contributed by atoms with van der Waals surface area (Å²) in [5.41, 5.74) is 2.55. The molecule has 3 heterocycles. The molecular formula is C22H19FN4O2. The fourth-order valence-corrected chi connectivity index (χ4v) is 4.50.